The minimum Gasteiger partial charge on any atom is -0.379 e. The summed E-state index contributed by atoms with van der Waals surface area (Å²) in [5.74, 6) is 0.141. The highest BCUT2D eigenvalue weighted by Gasteiger charge is 2.44. The number of amides is 1. The summed E-state index contributed by atoms with van der Waals surface area (Å²) in [6.45, 7) is 6.36. The quantitative estimate of drug-likeness (QED) is 0.761. The number of nitrogens with zero attached hydrogens (tertiary/aromatic N) is 1. The van der Waals surface area contributed by atoms with E-state index in [-0.39, 0.29) is 42.3 Å². The molecular formula is C15H31Cl2N3O2. The van der Waals surface area contributed by atoms with E-state index in [9.17, 15) is 4.79 Å². The van der Waals surface area contributed by atoms with E-state index in [1.54, 1.807) is 0 Å². The summed E-state index contributed by atoms with van der Waals surface area (Å²) >= 11 is 0. The Hall–Kier alpha value is -0.0700. The first-order valence-electron chi connectivity index (χ1n) is 8.01. The van der Waals surface area contributed by atoms with Crippen LogP contribution >= 0.6 is 24.8 Å². The summed E-state index contributed by atoms with van der Waals surface area (Å²) in [6.07, 6.45) is 6.21. The zero-order chi connectivity index (χ0) is 14.4. The van der Waals surface area contributed by atoms with E-state index in [2.05, 4.69) is 17.1 Å². The lowest BCUT2D eigenvalue weighted by Gasteiger charge is -2.47. The summed E-state index contributed by atoms with van der Waals surface area (Å²) in [7, 11) is 0. The highest BCUT2D eigenvalue weighted by atomic mass is 35.5. The number of carbonyl (C=O) groups is 1. The molecule has 0 aromatic heterocycles. The van der Waals surface area contributed by atoms with Crippen molar-refractivity contribution in [2.75, 3.05) is 32.8 Å². The third-order valence-corrected chi connectivity index (χ3v) is 4.90. The van der Waals surface area contributed by atoms with Gasteiger partial charge >= 0.3 is 0 Å². The maximum absolute atomic E-state index is 12.0. The number of hydrogen-bond donors (Lipinski definition) is 2. The van der Waals surface area contributed by atoms with Crippen molar-refractivity contribution in [2.24, 2.45) is 5.73 Å². The molecule has 1 aliphatic carbocycles. The molecule has 0 bridgehead atoms. The van der Waals surface area contributed by atoms with E-state index in [0.29, 0.717) is 13.0 Å². The number of ether oxygens (including phenoxy) is 1. The molecule has 1 unspecified atom stereocenters. The second kappa shape index (κ2) is 10.7. The Morgan fingerprint density at radius 2 is 1.86 bits per heavy atom. The Labute approximate surface area is 146 Å². The average Bonchev–Trinajstić information content (AvgIpc) is 2.97. The van der Waals surface area contributed by atoms with Crippen molar-refractivity contribution in [3.05, 3.63) is 0 Å². The van der Waals surface area contributed by atoms with Crippen molar-refractivity contribution < 1.29 is 9.53 Å². The van der Waals surface area contributed by atoms with Gasteiger partial charge in [0.15, 0.2) is 0 Å². The number of rotatable bonds is 6. The molecule has 1 amide bonds. The largest absolute Gasteiger partial charge is 0.379 e. The lowest BCUT2D eigenvalue weighted by Crippen LogP contribution is -2.62. The maximum Gasteiger partial charge on any atom is 0.220 e. The smallest absolute Gasteiger partial charge is 0.220 e. The van der Waals surface area contributed by atoms with Gasteiger partial charge in [0.05, 0.1) is 13.2 Å². The van der Waals surface area contributed by atoms with Crippen LogP contribution in [0.15, 0.2) is 0 Å². The van der Waals surface area contributed by atoms with Gasteiger partial charge in [0.1, 0.15) is 0 Å². The van der Waals surface area contributed by atoms with Gasteiger partial charge in [-0.15, -0.1) is 24.8 Å². The monoisotopic (exact) mass is 355 g/mol. The molecular weight excluding hydrogens is 325 g/mol. The van der Waals surface area contributed by atoms with Crippen molar-refractivity contribution in [3.63, 3.8) is 0 Å². The van der Waals surface area contributed by atoms with Gasteiger partial charge in [-0.2, -0.15) is 0 Å². The first kappa shape index (κ1) is 21.9. The minimum atomic E-state index is 0. The molecule has 0 spiro atoms. The molecule has 2 aliphatic rings. The molecule has 1 atom stereocenters. The first-order chi connectivity index (χ1) is 9.69. The Kier molecular flexibility index (Phi) is 10.6. The number of hydrogen-bond acceptors (Lipinski definition) is 4. The number of halogens is 2. The summed E-state index contributed by atoms with van der Waals surface area (Å²) in [6, 6.07) is 0.202. The van der Waals surface area contributed by atoms with Crippen LogP contribution in [0.4, 0.5) is 0 Å². The van der Waals surface area contributed by atoms with E-state index in [0.717, 1.165) is 32.7 Å². The second-order valence-electron chi connectivity index (χ2n) is 6.09. The first-order valence-corrected chi connectivity index (χ1v) is 8.01. The van der Waals surface area contributed by atoms with Crippen LogP contribution in [0.1, 0.15) is 45.4 Å². The summed E-state index contributed by atoms with van der Waals surface area (Å²) < 4.78 is 5.48. The molecule has 1 saturated carbocycles. The van der Waals surface area contributed by atoms with E-state index < -0.39 is 0 Å². The predicted molar refractivity (Wildman–Crippen MR) is 94.0 cm³/mol. The number of nitrogens with two attached hydrogens (primary N) is 1. The van der Waals surface area contributed by atoms with Crippen LogP contribution in [0.25, 0.3) is 0 Å². The fourth-order valence-electron chi connectivity index (χ4n) is 3.73. The molecule has 0 radical (unpaired) electrons. The highest BCUT2D eigenvalue weighted by molar-refractivity contribution is 5.85. The zero-order valence-electron chi connectivity index (χ0n) is 13.5. The molecule has 0 aromatic rings. The summed E-state index contributed by atoms with van der Waals surface area (Å²) in [5, 5.41) is 3.22. The normalized spacial score (nSPS) is 22.3. The second-order valence-corrected chi connectivity index (χ2v) is 6.09. The van der Waals surface area contributed by atoms with Gasteiger partial charge in [0.2, 0.25) is 5.91 Å². The fraction of sp³-hybridized carbons (Fsp3) is 0.933. The van der Waals surface area contributed by atoms with Crippen LogP contribution in [0, 0.1) is 0 Å². The van der Waals surface area contributed by atoms with E-state index >= 15 is 0 Å². The predicted octanol–water partition coefficient (Wildman–Crippen LogP) is 1.72. The summed E-state index contributed by atoms with van der Waals surface area (Å²) in [4.78, 5) is 14.5. The molecule has 3 N–H and O–H groups in total. The van der Waals surface area contributed by atoms with Gasteiger partial charge in [0, 0.05) is 31.1 Å². The molecule has 2 fully saturated rings. The van der Waals surface area contributed by atoms with Gasteiger partial charge in [-0.05, 0) is 32.7 Å². The SMILES string of the molecule is CC(NC(=O)CCCN)C1(N2CCOCC2)CCCC1.Cl.Cl. The minimum absolute atomic E-state index is 0. The van der Waals surface area contributed by atoms with Gasteiger partial charge in [-0.1, -0.05) is 12.8 Å². The number of nitrogens with one attached hydrogen (secondary N) is 1. The standard InChI is InChI=1S/C15H29N3O2.2ClH/c1-13(17-14(19)5-4-8-16)15(6-2-3-7-15)18-9-11-20-12-10-18;;/h13H,2-12,16H2,1H3,(H,17,19);2*1H. The van der Waals surface area contributed by atoms with Crippen molar-refractivity contribution in [3.8, 4) is 0 Å². The maximum atomic E-state index is 12.0. The van der Waals surface area contributed by atoms with E-state index in [1.165, 1.54) is 25.7 Å². The summed E-state index contributed by atoms with van der Waals surface area (Å²) in [5.41, 5.74) is 5.61. The topological polar surface area (TPSA) is 67.6 Å². The Morgan fingerprint density at radius 1 is 1.27 bits per heavy atom. The van der Waals surface area contributed by atoms with Crippen molar-refractivity contribution in [2.45, 2.75) is 57.0 Å². The van der Waals surface area contributed by atoms with Crippen molar-refractivity contribution in [1.29, 1.82) is 0 Å². The number of morpholine rings is 1. The molecule has 5 nitrogen and oxygen atoms in total. The number of carbonyl (C=O) groups excluding carboxylic acids is 1. The van der Waals surface area contributed by atoms with Crippen LogP contribution in [0.2, 0.25) is 0 Å². The fourth-order valence-corrected chi connectivity index (χ4v) is 3.73. The Balaban J connectivity index is 0.00000220. The zero-order valence-corrected chi connectivity index (χ0v) is 15.1. The van der Waals surface area contributed by atoms with Crippen LogP contribution in [0.3, 0.4) is 0 Å². The third kappa shape index (κ3) is 5.24. The van der Waals surface area contributed by atoms with Gasteiger partial charge < -0.3 is 15.8 Å². The lowest BCUT2D eigenvalue weighted by atomic mass is 9.86. The molecule has 1 aliphatic heterocycles. The van der Waals surface area contributed by atoms with Gasteiger partial charge in [0.25, 0.3) is 0 Å². The third-order valence-electron chi connectivity index (χ3n) is 4.90. The van der Waals surface area contributed by atoms with Crippen LogP contribution in [-0.4, -0.2) is 55.2 Å². The molecule has 1 saturated heterocycles. The van der Waals surface area contributed by atoms with Gasteiger partial charge in [-0.3, -0.25) is 9.69 Å². The van der Waals surface area contributed by atoms with Crippen molar-refractivity contribution >= 4 is 30.7 Å². The lowest BCUT2D eigenvalue weighted by molar-refractivity contribution is -0.123. The van der Waals surface area contributed by atoms with Crippen molar-refractivity contribution in [1.82, 2.24) is 10.2 Å². The highest BCUT2D eigenvalue weighted by Crippen LogP contribution is 2.38. The molecule has 22 heavy (non-hydrogen) atoms. The molecule has 0 aromatic carbocycles. The van der Waals surface area contributed by atoms with Crippen LogP contribution < -0.4 is 11.1 Å². The molecule has 7 heteroatoms. The van der Waals surface area contributed by atoms with Gasteiger partial charge in [-0.25, -0.2) is 0 Å². The van der Waals surface area contributed by atoms with E-state index in [1.807, 2.05) is 0 Å². The van der Waals surface area contributed by atoms with Crippen LogP contribution in [-0.2, 0) is 9.53 Å². The van der Waals surface area contributed by atoms with E-state index in [4.69, 9.17) is 10.5 Å². The Morgan fingerprint density at radius 3 is 2.41 bits per heavy atom. The molecule has 2 rings (SSSR count). The Bertz CT molecular complexity index is 320. The molecule has 1 heterocycles. The molecule has 132 valence electrons. The average molecular weight is 356 g/mol. The van der Waals surface area contributed by atoms with Crippen LogP contribution in [0.5, 0.6) is 0 Å².